The van der Waals surface area contributed by atoms with Gasteiger partial charge in [-0.2, -0.15) is 0 Å². The maximum atomic E-state index is 13.0. The summed E-state index contributed by atoms with van der Waals surface area (Å²) in [7, 11) is 1.58. The zero-order chi connectivity index (χ0) is 16.4. The van der Waals surface area contributed by atoms with E-state index in [1.54, 1.807) is 43.4 Å². The smallest absolute Gasteiger partial charge is 0.247 e. The number of benzene rings is 2. The predicted molar refractivity (Wildman–Crippen MR) is 86.2 cm³/mol. The molecule has 0 saturated carbocycles. The number of anilines is 1. The van der Waals surface area contributed by atoms with Gasteiger partial charge in [-0.1, -0.05) is 47.6 Å². The largest absolute Gasteiger partial charge is 0.314 e. The Morgan fingerprint density at radius 1 is 1.09 bits per heavy atom. The zero-order valence-electron chi connectivity index (χ0n) is 12.5. The minimum atomic E-state index is -1.78. The van der Waals surface area contributed by atoms with Gasteiger partial charge in [0.05, 0.1) is 5.69 Å². The first-order valence-electron chi connectivity index (χ1n) is 7.12. The topological polar surface area (TPSA) is 86.1 Å². The van der Waals surface area contributed by atoms with Crippen molar-refractivity contribution in [2.75, 3.05) is 11.9 Å². The number of para-hydroxylation sites is 1. The highest BCUT2D eigenvalue weighted by atomic mass is 16.2. The number of carbonyl (C=O) groups is 2. The third kappa shape index (κ3) is 2.25. The molecule has 1 aliphatic heterocycles. The van der Waals surface area contributed by atoms with Gasteiger partial charge in [0.15, 0.2) is 11.3 Å². The molecule has 0 aromatic heterocycles. The highest BCUT2D eigenvalue weighted by Crippen LogP contribution is 2.36. The van der Waals surface area contributed by atoms with E-state index >= 15 is 0 Å². The molecule has 1 atom stereocenters. The molecule has 2 aromatic rings. The molecular weight excluding hydrogens is 292 g/mol. The molecule has 0 spiro atoms. The second-order valence-corrected chi connectivity index (χ2v) is 5.42. The molecule has 0 radical (unpaired) electrons. The number of carbonyl (C=O) groups excluding carboxylic acids is 2. The summed E-state index contributed by atoms with van der Waals surface area (Å²) in [5.74, 6) is -0.972. The number of nitrogens with zero attached hydrogens (tertiary/aromatic N) is 4. The van der Waals surface area contributed by atoms with Crippen LogP contribution in [0.5, 0.6) is 0 Å². The Morgan fingerprint density at radius 3 is 2.43 bits per heavy atom. The Balaban J connectivity index is 2.18. The first-order chi connectivity index (χ1) is 11.1. The Labute approximate surface area is 133 Å². The number of rotatable bonds is 3. The number of azide groups is 1. The van der Waals surface area contributed by atoms with E-state index < -0.39 is 17.2 Å². The van der Waals surface area contributed by atoms with Gasteiger partial charge in [0.2, 0.25) is 5.91 Å². The fourth-order valence-electron chi connectivity index (χ4n) is 2.91. The van der Waals surface area contributed by atoms with E-state index in [1.165, 1.54) is 4.90 Å². The quantitative estimate of drug-likeness (QED) is 0.377. The van der Waals surface area contributed by atoms with Gasteiger partial charge in [0.1, 0.15) is 0 Å². The molecule has 23 heavy (non-hydrogen) atoms. The van der Waals surface area contributed by atoms with Crippen LogP contribution in [0, 0.1) is 0 Å². The number of likely N-dealkylation sites (N-methyl/N-ethyl adjacent to an activating group) is 1. The molecule has 0 saturated heterocycles. The summed E-state index contributed by atoms with van der Waals surface area (Å²) in [6.07, 6.45) is 0.0360. The minimum absolute atomic E-state index is 0.0360. The molecule has 3 rings (SSSR count). The van der Waals surface area contributed by atoms with E-state index in [9.17, 15) is 9.59 Å². The second kappa shape index (κ2) is 5.59. The molecule has 1 heterocycles. The molecule has 6 nitrogen and oxygen atoms in total. The average Bonchev–Trinajstić information content (AvgIpc) is 2.59. The highest BCUT2D eigenvalue weighted by Gasteiger charge is 2.51. The Kier molecular flexibility index (Phi) is 3.60. The lowest BCUT2D eigenvalue weighted by atomic mass is 9.79. The molecule has 114 valence electrons. The number of hydrogen-bond acceptors (Lipinski definition) is 3. The molecule has 0 aliphatic carbocycles. The molecule has 2 aromatic carbocycles. The van der Waals surface area contributed by atoms with Gasteiger partial charge in [0, 0.05) is 23.9 Å². The summed E-state index contributed by atoms with van der Waals surface area (Å²) in [5, 5.41) is 3.66. The number of amides is 1. The second-order valence-electron chi connectivity index (χ2n) is 5.42. The van der Waals surface area contributed by atoms with E-state index in [0.29, 0.717) is 11.3 Å². The maximum absolute atomic E-state index is 13.0. The van der Waals surface area contributed by atoms with E-state index in [2.05, 4.69) is 10.0 Å². The minimum Gasteiger partial charge on any atom is -0.314 e. The normalized spacial score (nSPS) is 20.0. The van der Waals surface area contributed by atoms with Crippen molar-refractivity contribution >= 4 is 17.4 Å². The van der Waals surface area contributed by atoms with Crippen LogP contribution in [0.3, 0.4) is 0 Å². The molecular formula is C17H14N4O2. The summed E-state index contributed by atoms with van der Waals surface area (Å²) in [5.41, 5.74) is 8.86. The van der Waals surface area contributed by atoms with Crippen molar-refractivity contribution in [3.63, 3.8) is 0 Å². The SMILES string of the molecule is CN1C(=O)[C@](Cc2ccccc2)(N=[N+]=[N-])C(=O)c2ccccc21. The number of ketones is 1. The number of Topliss-reactive ketones (excluding diaryl/α,β-unsaturated/α-hetero) is 1. The first-order valence-corrected chi connectivity index (χ1v) is 7.12. The molecule has 1 amide bonds. The monoisotopic (exact) mass is 306 g/mol. The number of fused-ring (bicyclic) bond motifs is 1. The Morgan fingerprint density at radius 2 is 1.74 bits per heavy atom. The van der Waals surface area contributed by atoms with E-state index in [4.69, 9.17) is 5.53 Å². The van der Waals surface area contributed by atoms with Crippen LogP contribution in [0.25, 0.3) is 10.4 Å². The average molecular weight is 306 g/mol. The Hall–Kier alpha value is -3.11. The van der Waals surface area contributed by atoms with Gasteiger partial charge in [-0.05, 0) is 23.2 Å². The summed E-state index contributed by atoms with van der Waals surface area (Å²) in [6, 6.07) is 15.9. The van der Waals surface area contributed by atoms with Gasteiger partial charge in [-0.25, -0.2) is 0 Å². The maximum Gasteiger partial charge on any atom is 0.247 e. The van der Waals surface area contributed by atoms with Crippen molar-refractivity contribution in [2.45, 2.75) is 12.0 Å². The summed E-state index contributed by atoms with van der Waals surface area (Å²) < 4.78 is 0. The van der Waals surface area contributed by atoms with Crippen LogP contribution < -0.4 is 4.90 Å². The molecule has 0 bridgehead atoms. The lowest BCUT2D eigenvalue weighted by Crippen LogP contribution is -2.57. The van der Waals surface area contributed by atoms with Crippen LogP contribution in [-0.2, 0) is 11.2 Å². The van der Waals surface area contributed by atoms with E-state index in [0.717, 1.165) is 5.56 Å². The van der Waals surface area contributed by atoms with Crippen molar-refractivity contribution < 1.29 is 9.59 Å². The van der Waals surface area contributed by atoms with Crippen LogP contribution in [0.15, 0.2) is 59.7 Å². The first kappa shape index (κ1) is 14.8. The highest BCUT2D eigenvalue weighted by molar-refractivity contribution is 6.28. The van der Waals surface area contributed by atoms with Crippen molar-refractivity contribution in [2.24, 2.45) is 5.11 Å². The standard InChI is InChI=1S/C17H14N4O2/c1-21-14-10-6-5-9-13(14)15(22)17(16(21)23,19-20-18)11-12-7-3-2-4-8-12/h2-10H,11H2,1H3/t17-/m1/s1. The van der Waals surface area contributed by atoms with Crippen LogP contribution in [0.1, 0.15) is 15.9 Å². The van der Waals surface area contributed by atoms with Crippen molar-refractivity contribution in [3.8, 4) is 0 Å². The van der Waals surface area contributed by atoms with Crippen molar-refractivity contribution in [3.05, 3.63) is 76.2 Å². The van der Waals surface area contributed by atoms with Gasteiger partial charge in [-0.3, -0.25) is 9.59 Å². The molecule has 0 N–H and O–H groups in total. The van der Waals surface area contributed by atoms with Gasteiger partial charge in [0.25, 0.3) is 0 Å². The fraction of sp³-hybridized carbons (Fsp3) is 0.176. The number of hydrogen-bond donors (Lipinski definition) is 0. The zero-order valence-corrected chi connectivity index (χ0v) is 12.5. The van der Waals surface area contributed by atoms with Crippen LogP contribution in [0.2, 0.25) is 0 Å². The third-order valence-electron chi connectivity index (χ3n) is 4.06. The van der Waals surface area contributed by atoms with Crippen LogP contribution in [-0.4, -0.2) is 24.3 Å². The van der Waals surface area contributed by atoms with E-state index in [-0.39, 0.29) is 6.42 Å². The summed E-state index contributed by atoms with van der Waals surface area (Å²) in [4.78, 5) is 30.0. The lowest BCUT2D eigenvalue weighted by Gasteiger charge is -2.36. The molecule has 6 heteroatoms. The summed E-state index contributed by atoms with van der Waals surface area (Å²) in [6.45, 7) is 0. The Bertz CT molecular complexity index is 827. The third-order valence-corrected chi connectivity index (χ3v) is 4.06. The summed E-state index contributed by atoms with van der Waals surface area (Å²) >= 11 is 0. The van der Waals surface area contributed by atoms with Crippen LogP contribution >= 0.6 is 0 Å². The van der Waals surface area contributed by atoms with Crippen molar-refractivity contribution in [1.82, 2.24) is 0 Å². The molecule has 0 fully saturated rings. The fourth-order valence-corrected chi connectivity index (χ4v) is 2.91. The van der Waals surface area contributed by atoms with Crippen LogP contribution in [0.4, 0.5) is 5.69 Å². The molecule has 1 aliphatic rings. The van der Waals surface area contributed by atoms with Gasteiger partial charge in [-0.15, -0.1) is 0 Å². The predicted octanol–water partition coefficient (Wildman–Crippen LogP) is 3.14. The molecule has 0 unspecified atom stereocenters. The van der Waals surface area contributed by atoms with Gasteiger partial charge < -0.3 is 4.90 Å². The van der Waals surface area contributed by atoms with Gasteiger partial charge >= 0.3 is 0 Å². The van der Waals surface area contributed by atoms with Crippen molar-refractivity contribution in [1.29, 1.82) is 0 Å². The van der Waals surface area contributed by atoms with E-state index in [1.807, 2.05) is 18.2 Å². The lowest BCUT2D eigenvalue weighted by molar-refractivity contribution is -0.122.